The lowest BCUT2D eigenvalue weighted by Gasteiger charge is -2.07. The van der Waals surface area contributed by atoms with E-state index in [0.29, 0.717) is 10.7 Å². The number of halogens is 4. The van der Waals surface area contributed by atoms with Crippen LogP contribution in [0.15, 0.2) is 34.8 Å². The molecule has 2 rings (SSSR count). The Morgan fingerprint density at radius 3 is 2.53 bits per heavy atom. The minimum absolute atomic E-state index is 0.0493. The van der Waals surface area contributed by atoms with Gasteiger partial charge in [-0.2, -0.15) is 0 Å². The molecular formula is C12H6BrCl3N2O. The number of benzene rings is 1. The highest BCUT2D eigenvalue weighted by Gasteiger charge is 2.12. The summed E-state index contributed by atoms with van der Waals surface area (Å²) in [4.78, 5) is 15.8. The number of hydrogen-bond acceptors (Lipinski definition) is 2. The van der Waals surface area contributed by atoms with Gasteiger partial charge >= 0.3 is 0 Å². The fourth-order valence-electron chi connectivity index (χ4n) is 1.35. The van der Waals surface area contributed by atoms with Crippen LogP contribution in [-0.4, -0.2) is 10.9 Å². The molecule has 3 nitrogen and oxygen atoms in total. The predicted molar refractivity (Wildman–Crippen MR) is 81.4 cm³/mol. The highest BCUT2D eigenvalue weighted by atomic mass is 79.9. The number of pyridine rings is 1. The SMILES string of the molecule is O=C(Nc1ccc(Br)c(Cl)c1)c1ccc(Cl)nc1Cl. The number of nitrogens with one attached hydrogen (secondary N) is 1. The monoisotopic (exact) mass is 378 g/mol. The van der Waals surface area contributed by atoms with Crippen molar-refractivity contribution in [3.63, 3.8) is 0 Å². The maximum absolute atomic E-state index is 12.0. The standard InChI is InChI=1S/C12H6BrCl3N2O/c13-8-3-1-6(5-9(8)14)17-12(19)7-2-4-10(15)18-11(7)16/h1-5H,(H,17,19). The fourth-order valence-corrected chi connectivity index (χ4v) is 2.21. The second-order valence-corrected chi connectivity index (χ2v) is 5.56. The summed E-state index contributed by atoms with van der Waals surface area (Å²) in [7, 11) is 0. The lowest BCUT2D eigenvalue weighted by atomic mass is 10.2. The van der Waals surface area contributed by atoms with E-state index in [1.807, 2.05) is 0 Å². The maximum atomic E-state index is 12.0. The van der Waals surface area contributed by atoms with Gasteiger partial charge in [0.05, 0.1) is 10.6 Å². The van der Waals surface area contributed by atoms with E-state index in [2.05, 4.69) is 26.2 Å². The number of rotatable bonds is 2. The predicted octanol–water partition coefficient (Wildman–Crippen LogP) is 5.06. The van der Waals surface area contributed by atoms with Gasteiger partial charge in [-0.15, -0.1) is 0 Å². The Morgan fingerprint density at radius 1 is 1.16 bits per heavy atom. The number of hydrogen-bond donors (Lipinski definition) is 1. The fraction of sp³-hybridized carbons (Fsp3) is 0. The summed E-state index contributed by atoms with van der Waals surface area (Å²) in [6.07, 6.45) is 0. The Labute approximate surface area is 133 Å². The molecule has 0 aliphatic heterocycles. The van der Waals surface area contributed by atoms with Gasteiger partial charge in [0.25, 0.3) is 5.91 Å². The average molecular weight is 380 g/mol. The van der Waals surface area contributed by atoms with Crippen LogP contribution in [0.4, 0.5) is 5.69 Å². The van der Waals surface area contributed by atoms with E-state index < -0.39 is 0 Å². The molecule has 0 radical (unpaired) electrons. The normalized spacial score (nSPS) is 10.3. The molecule has 98 valence electrons. The van der Waals surface area contributed by atoms with Gasteiger partial charge in [-0.05, 0) is 46.3 Å². The van der Waals surface area contributed by atoms with Crippen molar-refractivity contribution < 1.29 is 4.79 Å². The van der Waals surface area contributed by atoms with E-state index in [-0.39, 0.29) is 21.8 Å². The Bertz CT molecular complexity index is 649. The van der Waals surface area contributed by atoms with Crippen molar-refractivity contribution in [2.24, 2.45) is 0 Å². The molecule has 0 saturated carbocycles. The van der Waals surface area contributed by atoms with Gasteiger partial charge in [-0.25, -0.2) is 4.98 Å². The minimum atomic E-state index is -0.382. The molecule has 1 amide bonds. The zero-order chi connectivity index (χ0) is 14.0. The van der Waals surface area contributed by atoms with Gasteiger partial charge in [0.15, 0.2) is 0 Å². The molecule has 7 heteroatoms. The molecule has 0 aliphatic rings. The summed E-state index contributed by atoms with van der Waals surface area (Å²) in [6, 6.07) is 8.08. The van der Waals surface area contributed by atoms with Crippen LogP contribution in [-0.2, 0) is 0 Å². The molecule has 1 N–H and O–H groups in total. The molecule has 1 aromatic heterocycles. The first-order chi connectivity index (χ1) is 8.97. The van der Waals surface area contributed by atoms with Gasteiger partial charge in [0.2, 0.25) is 0 Å². The van der Waals surface area contributed by atoms with Crippen LogP contribution >= 0.6 is 50.7 Å². The zero-order valence-corrected chi connectivity index (χ0v) is 13.1. The van der Waals surface area contributed by atoms with Crippen LogP contribution in [0.2, 0.25) is 15.3 Å². The lowest BCUT2D eigenvalue weighted by molar-refractivity contribution is 0.102. The lowest BCUT2D eigenvalue weighted by Crippen LogP contribution is -2.13. The third kappa shape index (κ3) is 3.60. The highest BCUT2D eigenvalue weighted by Crippen LogP contribution is 2.26. The number of carbonyl (C=O) groups is 1. The Kier molecular flexibility index (Phi) is 4.68. The van der Waals surface area contributed by atoms with Crippen molar-refractivity contribution >= 4 is 62.3 Å². The summed E-state index contributed by atoms with van der Waals surface area (Å²) < 4.78 is 0.748. The first kappa shape index (κ1) is 14.6. The van der Waals surface area contributed by atoms with Crippen LogP contribution in [0, 0.1) is 0 Å². The first-order valence-electron chi connectivity index (χ1n) is 5.06. The molecule has 0 aliphatic carbocycles. The molecule has 1 heterocycles. The largest absolute Gasteiger partial charge is 0.322 e. The number of amides is 1. The summed E-state index contributed by atoms with van der Waals surface area (Å²) in [5, 5.41) is 3.45. The summed E-state index contributed by atoms with van der Waals surface area (Å²) >= 11 is 20.7. The van der Waals surface area contributed by atoms with Crippen molar-refractivity contribution in [2.75, 3.05) is 5.32 Å². The number of anilines is 1. The van der Waals surface area contributed by atoms with Crippen molar-refractivity contribution in [1.29, 1.82) is 0 Å². The third-order valence-electron chi connectivity index (χ3n) is 2.24. The van der Waals surface area contributed by atoms with Gasteiger partial charge in [-0.3, -0.25) is 4.79 Å². The quantitative estimate of drug-likeness (QED) is 0.740. The van der Waals surface area contributed by atoms with E-state index in [1.54, 1.807) is 18.2 Å². The number of carbonyl (C=O) groups excluding carboxylic acids is 1. The topological polar surface area (TPSA) is 42.0 Å². The van der Waals surface area contributed by atoms with Crippen molar-refractivity contribution in [2.45, 2.75) is 0 Å². The van der Waals surface area contributed by atoms with E-state index in [1.165, 1.54) is 12.1 Å². The Balaban J connectivity index is 2.23. The summed E-state index contributed by atoms with van der Waals surface area (Å²) in [6.45, 7) is 0. The second-order valence-electron chi connectivity index (χ2n) is 3.56. The molecule has 0 bridgehead atoms. The van der Waals surface area contributed by atoms with E-state index in [0.717, 1.165) is 4.47 Å². The van der Waals surface area contributed by atoms with Gasteiger partial charge in [0, 0.05) is 10.2 Å². The molecule has 0 atom stereocenters. The minimum Gasteiger partial charge on any atom is -0.322 e. The van der Waals surface area contributed by atoms with Crippen molar-refractivity contribution in [1.82, 2.24) is 4.98 Å². The third-order valence-corrected chi connectivity index (χ3v) is 3.97. The van der Waals surface area contributed by atoms with E-state index >= 15 is 0 Å². The second kappa shape index (κ2) is 6.09. The molecule has 0 fully saturated rings. The van der Waals surface area contributed by atoms with Crippen LogP contribution < -0.4 is 5.32 Å². The maximum Gasteiger partial charge on any atom is 0.258 e. The molecule has 0 saturated heterocycles. The Morgan fingerprint density at radius 2 is 1.89 bits per heavy atom. The summed E-state index contributed by atoms with van der Waals surface area (Å²) in [5.74, 6) is -0.382. The number of nitrogens with zero attached hydrogens (tertiary/aromatic N) is 1. The number of aromatic nitrogens is 1. The van der Waals surface area contributed by atoms with Gasteiger partial charge in [0.1, 0.15) is 10.3 Å². The van der Waals surface area contributed by atoms with Crippen LogP contribution in [0.5, 0.6) is 0 Å². The first-order valence-corrected chi connectivity index (χ1v) is 6.98. The Hall–Kier alpha value is -0.810. The van der Waals surface area contributed by atoms with Gasteiger partial charge in [-0.1, -0.05) is 34.8 Å². The average Bonchev–Trinajstić information content (AvgIpc) is 2.33. The molecule has 19 heavy (non-hydrogen) atoms. The summed E-state index contributed by atoms with van der Waals surface area (Å²) in [5.41, 5.74) is 0.800. The van der Waals surface area contributed by atoms with Crippen LogP contribution in [0.3, 0.4) is 0 Å². The molecule has 2 aromatic rings. The van der Waals surface area contributed by atoms with Crippen molar-refractivity contribution in [3.05, 3.63) is 55.7 Å². The molecule has 0 spiro atoms. The van der Waals surface area contributed by atoms with Gasteiger partial charge < -0.3 is 5.32 Å². The van der Waals surface area contributed by atoms with Crippen LogP contribution in [0.1, 0.15) is 10.4 Å². The van der Waals surface area contributed by atoms with E-state index in [4.69, 9.17) is 34.8 Å². The highest BCUT2D eigenvalue weighted by molar-refractivity contribution is 9.10. The zero-order valence-electron chi connectivity index (χ0n) is 9.25. The van der Waals surface area contributed by atoms with E-state index in [9.17, 15) is 4.79 Å². The molecular weight excluding hydrogens is 374 g/mol. The van der Waals surface area contributed by atoms with Crippen molar-refractivity contribution in [3.8, 4) is 0 Å². The smallest absolute Gasteiger partial charge is 0.258 e. The van der Waals surface area contributed by atoms with Crippen LogP contribution in [0.25, 0.3) is 0 Å². The molecule has 0 unspecified atom stereocenters. The molecule has 1 aromatic carbocycles.